The second-order valence-corrected chi connectivity index (χ2v) is 9.55. The van der Waals surface area contributed by atoms with E-state index in [0.29, 0.717) is 24.7 Å². The third-order valence-electron chi connectivity index (χ3n) is 6.65. The molecule has 1 aliphatic heterocycles. The number of hydrogen-bond acceptors (Lipinski definition) is 4. The standard InChI is InChI=1S/C19H33BN2O3/c1-12(20-25-11-21)16(18(2,3)4)17(24)22-9-13-7-19(5-6-19)8-14(13)15(22)10-23/h13-16,20,23H,1,5-11,21H2,2-4H3/t13-,14-,15+,16+/m0/s1. The molecule has 0 unspecified atom stereocenters. The van der Waals surface area contributed by atoms with Crippen LogP contribution in [0.2, 0.25) is 0 Å². The first-order chi connectivity index (χ1) is 11.7. The molecule has 0 aromatic rings. The van der Waals surface area contributed by atoms with E-state index in [9.17, 15) is 9.90 Å². The van der Waals surface area contributed by atoms with Gasteiger partial charge in [0.25, 0.3) is 0 Å². The van der Waals surface area contributed by atoms with Crippen molar-refractivity contribution in [3.63, 3.8) is 0 Å². The fraction of sp³-hybridized carbons (Fsp3) is 0.842. The number of carbonyl (C=O) groups is 1. The maximum atomic E-state index is 13.4. The molecule has 5 nitrogen and oxygen atoms in total. The van der Waals surface area contributed by atoms with E-state index < -0.39 is 0 Å². The first-order valence-electron chi connectivity index (χ1n) is 9.59. The van der Waals surface area contributed by atoms with Crippen molar-refractivity contribution in [3.8, 4) is 0 Å². The van der Waals surface area contributed by atoms with Crippen LogP contribution in [0, 0.1) is 28.6 Å². The second-order valence-electron chi connectivity index (χ2n) is 9.55. The minimum atomic E-state index is -0.318. The number of amides is 1. The lowest BCUT2D eigenvalue weighted by Crippen LogP contribution is -2.48. The Morgan fingerprint density at radius 2 is 2.12 bits per heavy atom. The minimum absolute atomic E-state index is 0.0365. The van der Waals surface area contributed by atoms with Gasteiger partial charge in [-0.15, -0.1) is 6.58 Å². The third kappa shape index (κ3) is 3.53. The summed E-state index contributed by atoms with van der Waals surface area (Å²) in [5.41, 5.74) is 6.51. The first-order valence-corrected chi connectivity index (χ1v) is 9.59. The van der Waals surface area contributed by atoms with Crippen LogP contribution in [0.15, 0.2) is 12.1 Å². The van der Waals surface area contributed by atoms with Crippen LogP contribution in [0.25, 0.3) is 0 Å². The molecule has 4 atom stereocenters. The van der Waals surface area contributed by atoms with Crippen LogP contribution in [0.3, 0.4) is 0 Å². The fourth-order valence-corrected chi connectivity index (χ4v) is 5.40. The van der Waals surface area contributed by atoms with Crippen LogP contribution in [0.1, 0.15) is 46.5 Å². The number of rotatable bonds is 6. The summed E-state index contributed by atoms with van der Waals surface area (Å²) in [5, 5.41) is 10.0. The lowest BCUT2D eigenvalue weighted by Gasteiger charge is -2.37. The number of carbonyl (C=O) groups excluding carboxylic acids is 1. The normalized spacial score (nSPS) is 31.1. The van der Waals surface area contributed by atoms with E-state index in [1.165, 1.54) is 25.7 Å². The summed E-state index contributed by atoms with van der Waals surface area (Å²) in [5.74, 6) is 0.793. The van der Waals surface area contributed by atoms with Crippen LogP contribution >= 0.6 is 0 Å². The monoisotopic (exact) mass is 348 g/mol. The third-order valence-corrected chi connectivity index (χ3v) is 6.65. The number of aliphatic hydroxyl groups excluding tert-OH is 1. The molecule has 3 aliphatic rings. The first kappa shape index (κ1) is 18.9. The Morgan fingerprint density at radius 3 is 2.64 bits per heavy atom. The van der Waals surface area contributed by atoms with Crippen molar-refractivity contribution in [1.29, 1.82) is 0 Å². The van der Waals surface area contributed by atoms with E-state index in [1.807, 2.05) is 4.90 Å². The van der Waals surface area contributed by atoms with Gasteiger partial charge < -0.3 is 20.4 Å². The predicted octanol–water partition coefficient (Wildman–Crippen LogP) is 1.46. The molecule has 6 heteroatoms. The van der Waals surface area contributed by atoms with Gasteiger partial charge in [0.05, 0.1) is 25.3 Å². The lowest BCUT2D eigenvalue weighted by atomic mass is 9.67. The lowest BCUT2D eigenvalue weighted by molar-refractivity contribution is -0.139. The van der Waals surface area contributed by atoms with E-state index in [2.05, 4.69) is 27.4 Å². The predicted molar refractivity (Wildman–Crippen MR) is 99.8 cm³/mol. The van der Waals surface area contributed by atoms with Crippen LogP contribution in [-0.2, 0) is 9.45 Å². The van der Waals surface area contributed by atoms with E-state index in [4.69, 9.17) is 10.4 Å². The Balaban J connectivity index is 1.76. The quantitative estimate of drug-likeness (QED) is 0.563. The summed E-state index contributed by atoms with van der Waals surface area (Å²) in [6.45, 7) is 11.3. The summed E-state index contributed by atoms with van der Waals surface area (Å²) in [7, 11) is 0.303. The molecule has 3 rings (SSSR count). The van der Waals surface area contributed by atoms with Crippen LogP contribution in [-0.4, -0.2) is 49.3 Å². The average Bonchev–Trinajstić information content (AvgIpc) is 3.04. The molecule has 3 fully saturated rings. The van der Waals surface area contributed by atoms with E-state index in [-0.39, 0.29) is 36.6 Å². The minimum Gasteiger partial charge on any atom is -0.423 e. The Bertz CT molecular complexity index is 541. The van der Waals surface area contributed by atoms with Crippen LogP contribution in [0.4, 0.5) is 0 Å². The Hall–Kier alpha value is -0.845. The molecule has 2 saturated carbocycles. The van der Waals surface area contributed by atoms with Gasteiger partial charge in [-0.05, 0) is 48.3 Å². The van der Waals surface area contributed by atoms with Crippen molar-refractivity contribution in [2.24, 2.45) is 34.3 Å². The number of fused-ring (bicyclic) bond motifs is 1. The molecular formula is C19H33BN2O3. The number of aliphatic hydroxyl groups is 1. The van der Waals surface area contributed by atoms with Crippen LogP contribution < -0.4 is 5.73 Å². The van der Waals surface area contributed by atoms with E-state index in [0.717, 1.165) is 12.0 Å². The maximum Gasteiger partial charge on any atom is 0.306 e. The molecule has 2 aliphatic carbocycles. The summed E-state index contributed by atoms with van der Waals surface area (Å²) in [6.07, 6.45) is 5.09. The van der Waals surface area contributed by atoms with E-state index in [1.54, 1.807) is 0 Å². The SMILES string of the molecule is C=C(BOCN)[C@H](C(=O)N1C[C@@H]2CC3(CC3)C[C@@H]2[C@H]1CO)C(C)(C)C. The zero-order valence-corrected chi connectivity index (χ0v) is 16.0. The highest BCUT2D eigenvalue weighted by Gasteiger charge is 2.59. The molecule has 1 amide bonds. The molecule has 25 heavy (non-hydrogen) atoms. The van der Waals surface area contributed by atoms with Crippen molar-refractivity contribution in [3.05, 3.63) is 12.1 Å². The topological polar surface area (TPSA) is 75.8 Å². The fourth-order valence-electron chi connectivity index (χ4n) is 5.40. The summed E-state index contributed by atoms with van der Waals surface area (Å²) in [6, 6.07) is -0.0365. The molecule has 1 saturated heterocycles. The zero-order chi connectivity index (χ0) is 18.4. The van der Waals surface area contributed by atoms with Gasteiger partial charge in [-0.1, -0.05) is 26.2 Å². The molecule has 140 valence electrons. The number of nitrogens with two attached hydrogens (primary N) is 1. The highest BCUT2D eigenvalue weighted by atomic mass is 16.4. The zero-order valence-electron chi connectivity index (χ0n) is 16.0. The van der Waals surface area contributed by atoms with Crippen LogP contribution in [0.5, 0.6) is 0 Å². The van der Waals surface area contributed by atoms with Crippen molar-refractivity contribution >= 4 is 13.4 Å². The highest BCUT2D eigenvalue weighted by Crippen LogP contribution is 2.64. The Kier molecular flexibility index (Phi) is 5.08. The van der Waals surface area contributed by atoms with Crippen molar-refractivity contribution in [2.45, 2.75) is 52.5 Å². The maximum absolute atomic E-state index is 13.4. The van der Waals surface area contributed by atoms with Crippen molar-refractivity contribution in [2.75, 3.05) is 19.9 Å². The average molecular weight is 348 g/mol. The summed E-state index contributed by atoms with van der Waals surface area (Å²) in [4.78, 5) is 15.4. The molecule has 0 aromatic heterocycles. The molecule has 3 N–H and O–H groups in total. The van der Waals surface area contributed by atoms with Gasteiger partial charge in [-0.2, -0.15) is 0 Å². The summed E-state index contributed by atoms with van der Waals surface area (Å²) < 4.78 is 5.31. The van der Waals surface area contributed by atoms with Gasteiger partial charge >= 0.3 is 7.48 Å². The molecule has 1 heterocycles. The van der Waals surface area contributed by atoms with Gasteiger partial charge in [-0.25, -0.2) is 0 Å². The molecule has 0 radical (unpaired) electrons. The Labute approximate surface area is 152 Å². The number of hydrogen-bond donors (Lipinski definition) is 2. The Morgan fingerprint density at radius 1 is 1.44 bits per heavy atom. The molecule has 0 bridgehead atoms. The summed E-state index contributed by atoms with van der Waals surface area (Å²) >= 11 is 0. The molecule has 0 aromatic carbocycles. The van der Waals surface area contributed by atoms with Gasteiger partial charge in [0.2, 0.25) is 5.91 Å². The van der Waals surface area contributed by atoms with E-state index >= 15 is 0 Å². The van der Waals surface area contributed by atoms with Gasteiger partial charge in [0.1, 0.15) is 0 Å². The van der Waals surface area contributed by atoms with Gasteiger partial charge in [0, 0.05) is 6.54 Å². The molecule has 1 spiro atoms. The molecular weight excluding hydrogens is 315 g/mol. The number of likely N-dealkylation sites (tertiary alicyclic amines) is 1. The highest BCUT2D eigenvalue weighted by molar-refractivity contribution is 6.39. The smallest absolute Gasteiger partial charge is 0.306 e. The van der Waals surface area contributed by atoms with Gasteiger partial charge in [0.15, 0.2) is 0 Å². The van der Waals surface area contributed by atoms with Crippen molar-refractivity contribution in [1.82, 2.24) is 4.90 Å². The largest absolute Gasteiger partial charge is 0.423 e. The second kappa shape index (κ2) is 6.71. The number of nitrogens with zero attached hydrogens (tertiary/aromatic N) is 1. The van der Waals surface area contributed by atoms with Crippen molar-refractivity contribution < 1.29 is 14.6 Å². The van der Waals surface area contributed by atoms with Gasteiger partial charge in [-0.3, -0.25) is 4.79 Å².